The molecule has 0 N–H and O–H groups in total. The number of ether oxygens (including phenoxy) is 1. The highest BCUT2D eigenvalue weighted by Crippen LogP contribution is 2.34. The van der Waals surface area contributed by atoms with Crippen molar-refractivity contribution >= 4 is 5.57 Å². The maximum Gasteiger partial charge on any atom is 0.201 e. The molecule has 0 aromatic heterocycles. The number of hydrogen-bond donors (Lipinski definition) is 0. The third-order valence-electron chi connectivity index (χ3n) is 5.88. The van der Waals surface area contributed by atoms with Crippen LogP contribution in [0.1, 0.15) is 69.1 Å². The predicted molar refractivity (Wildman–Crippen MR) is 125 cm³/mol. The number of allylic oxidation sites excluding steroid dienone is 4. The highest BCUT2D eigenvalue weighted by molar-refractivity contribution is 5.67. The van der Waals surface area contributed by atoms with E-state index < -0.39 is 11.6 Å². The Bertz CT molecular complexity index is 896. The zero-order valence-electron chi connectivity index (χ0n) is 18.8. The second-order valence-corrected chi connectivity index (χ2v) is 8.38. The zero-order valence-corrected chi connectivity index (χ0v) is 18.8. The SMILES string of the molecule is CCCOc1ccc(C2=CCC(/C=C/CCc3ccc(CCC)cc3)CC2)c(F)c1F. The monoisotopic (exact) mass is 424 g/mol. The molecule has 0 amide bonds. The summed E-state index contributed by atoms with van der Waals surface area (Å²) in [6.45, 7) is 4.53. The molecule has 2 aromatic rings. The number of halogens is 2. The van der Waals surface area contributed by atoms with Gasteiger partial charge >= 0.3 is 0 Å². The Labute approximate surface area is 185 Å². The highest BCUT2D eigenvalue weighted by atomic mass is 19.2. The Kier molecular flexibility index (Phi) is 8.87. The summed E-state index contributed by atoms with van der Waals surface area (Å²) in [6, 6.07) is 12.1. The van der Waals surface area contributed by atoms with Gasteiger partial charge < -0.3 is 4.74 Å². The molecule has 3 rings (SSSR count). The highest BCUT2D eigenvalue weighted by Gasteiger charge is 2.20. The van der Waals surface area contributed by atoms with Gasteiger partial charge in [-0.25, -0.2) is 4.39 Å². The van der Waals surface area contributed by atoms with E-state index in [9.17, 15) is 8.78 Å². The van der Waals surface area contributed by atoms with Gasteiger partial charge in [-0.1, -0.05) is 62.8 Å². The minimum absolute atomic E-state index is 0.000299. The maximum atomic E-state index is 14.5. The van der Waals surface area contributed by atoms with E-state index in [1.807, 2.05) is 6.92 Å². The first-order chi connectivity index (χ1) is 15.1. The van der Waals surface area contributed by atoms with E-state index >= 15 is 0 Å². The molecule has 0 fully saturated rings. The summed E-state index contributed by atoms with van der Waals surface area (Å²) in [7, 11) is 0. The van der Waals surface area contributed by atoms with Gasteiger partial charge in [0.1, 0.15) is 0 Å². The van der Waals surface area contributed by atoms with Crippen molar-refractivity contribution in [2.75, 3.05) is 6.61 Å². The van der Waals surface area contributed by atoms with Crippen LogP contribution in [0.2, 0.25) is 0 Å². The lowest BCUT2D eigenvalue weighted by Crippen LogP contribution is -2.06. The average Bonchev–Trinajstić information content (AvgIpc) is 2.79. The number of hydrogen-bond acceptors (Lipinski definition) is 1. The summed E-state index contributed by atoms with van der Waals surface area (Å²) in [4.78, 5) is 0. The van der Waals surface area contributed by atoms with E-state index in [1.54, 1.807) is 12.1 Å². The Morgan fingerprint density at radius 3 is 2.32 bits per heavy atom. The Hall–Kier alpha value is -2.42. The fraction of sp³-hybridized carbons (Fsp3) is 0.429. The van der Waals surface area contributed by atoms with Crippen molar-refractivity contribution in [2.24, 2.45) is 5.92 Å². The van der Waals surface area contributed by atoms with Crippen LogP contribution in [0.25, 0.3) is 5.57 Å². The van der Waals surface area contributed by atoms with Crippen molar-refractivity contribution in [1.82, 2.24) is 0 Å². The molecule has 0 saturated carbocycles. The minimum Gasteiger partial charge on any atom is -0.490 e. The lowest BCUT2D eigenvalue weighted by Gasteiger charge is -2.20. The lowest BCUT2D eigenvalue weighted by molar-refractivity contribution is 0.295. The molecule has 0 aliphatic heterocycles. The topological polar surface area (TPSA) is 9.23 Å². The van der Waals surface area contributed by atoms with Gasteiger partial charge in [-0.3, -0.25) is 0 Å². The van der Waals surface area contributed by atoms with Gasteiger partial charge in [0.25, 0.3) is 0 Å². The maximum absolute atomic E-state index is 14.5. The lowest BCUT2D eigenvalue weighted by atomic mass is 9.86. The second kappa shape index (κ2) is 11.8. The van der Waals surface area contributed by atoms with E-state index in [2.05, 4.69) is 49.4 Å². The third kappa shape index (κ3) is 6.53. The first kappa shape index (κ1) is 23.2. The van der Waals surface area contributed by atoms with Crippen LogP contribution in [0, 0.1) is 17.6 Å². The molecule has 2 aromatic carbocycles. The molecule has 1 atom stereocenters. The molecule has 1 aliphatic rings. The molecular formula is C28H34F2O. The van der Waals surface area contributed by atoms with Crippen LogP contribution in [0.4, 0.5) is 8.78 Å². The minimum atomic E-state index is -0.878. The van der Waals surface area contributed by atoms with Crippen LogP contribution in [0.15, 0.2) is 54.6 Å². The van der Waals surface area contributed by atoms with Crippen molar-refractivity contribution in [1.29, 1.82) is 0 Å². The smallest absolute Gasteiger partial charge is 0.201 e. The molecule has 1 aliphatic carbocycles. The third-order valence-corrected chi connectivity index (χ3v) is 5.88. The first-order valence-corrected chi connectivity index (χ1v) is 11.7. The fourth-order valence-electron chi connectivity index (χ4n) is 4.08. The largest absolute Gasteiger partial charge is 0.490 e. The van der Waals surface area contributed by atoms with E-state index in [1.165, 1.54) is 17.5 Å². The molecule has 0 spiro atoms. The standard InChI is InChI=1S/C28H34F2O/c1-3-7-21-10-12-22(13-11-21)8-5-6-9-23-14-16-24(17-15-23)25-18-19-26(31-20-4-2)28(30)27(25)29/h6,9-13,16,18-19,23H,3-5,7-8,14-15,17,20H2,1-2H3/b9-6+. The fourth-order valence-corrected chi connectivity index (χ4v) is 4.08. The summed E-state index contributed by atoms with van der Waals surface area (Å²) >= 11 is 0. The number of aryl methyl sites for hydroxylation is 2. The molecule has 0 radical (unpaired) electrons. The second-order valence-electron chi connectivity index (χ2n) is 8.38. The van der Waals surface area contributed by atoms with E-state index in [-0.39, 0.29) is 5.75 Å². The van der Waals surface area contributed by atoms with Gasteiger partial charge in [0.15, 0.2) is 11.6 Å². The molecule has 0 bridgehead atoms. The molecule has 166 valence electrons. The Balaban J connectivity index is 1.51. The van der Waals surface area contributed by atoms with Crippen molar-refractivity contribution in [3.05, 3.63) is 83.0 Å². The van der Waals surface area contributed by atoms with Crippen LogP contribution in [-0.2, 0) is 12.8 Å². The Morgan fingerprint density at radius 1 is 0.935 bits per heavy atom. The van der Waals surface area contributed by atoms with Gasteiger partial charge in [-0.2, -0.15) is 4.39 Å². The molecule has 1 nitrogen and oxygen atoms in total. The number of benzene rings is 2. The van der Waals surface area contributed by atoms with Crippen LogP contribution in [-0.4, -0.2) is 6.61 Å². The van der Waals surface area contributed by atoms with Gasteiger partial charge in [-0.05, 0) is 79.7 Å². The van der Waals surface area contributed by atoms with Crippen LogP contribution < -0.4 is 4.74 Å². The van der Waals surface area contributed by atoms with Crippen LogP contribution in [0.3, 0.4) is 0 Å². The normalized spacial score (nSPS) is 16.5. The molecule has 0 heterocycles. The summed E-state index contributed by atoms with van der Waals surface area (Å²) in [6.07, 6.45) is 14.4. The van der Waals surface area contributed by atoms with Gasteiger partial charge in [0.2, 0.25) is 5.82 Å². The number of rotatable bonds is 10. The molecule has 1 unspecified atom stereocenters. The summed E-state index contributed by atoms with van der Waals surface area (Å²) in [5.41, 5.74) is 4.05. The van der Waals surface area contributed by atoms with E-state index in [0.29, 0.717) is 18.1 Å². The van der Waals surface area contributed by atoms with Crippen molar-refractivity contribution in [3.8, 4) is 5.75 Å². The molecule has 3 heteroatoms. The quantitative estimate of drug-likeness (QED) is 0.350. The molecule has 0 saturated heterocycles. The van der Waals surface area contributed by atoms with Gasteiger partial charge in [0.05, 0.1) is 6.61 Å². The molecular weight excluding hydrogens is 390 g/mol. The first-order valence-electron chi connectivity index (χ1n) is 11.7. The average molecular weight is 425 g/mol. The summed E-state index contributed by atoms with van der Waals surface area (Å²) in [5, 5.41) is 0. The van der Waals surface area contributed by atoms with Gasteiger partial charge in [-0.15, -0.1) is 0 Å². The van der Waals surface area contributed by atoms with Crippen LogP contribution >= 0.6 is 0 Å². The molecule has 31 heavy (non-hydrogen) atoms. The van der Waals surface area contributed by atoms with E-state index in [4.69, 9.17) is 4.74 Å². The summed E-state index contributed by atoms with van der Waals surface area (Å²) < 4.78 is 34.1. The summed E-state index contributed by atoms with van der Waals surface area (Å²) in [5.74, 6) is -1.20. The van der Waals surface area contributed by atoms with Crippen molar-refractivity contribution in [2.45, 2.75) is 65.2 Å². The van der Waals surface area contributed by atoms with Crippen LogP contribution in [0.5, 0.6) is 5.75 Å². The zero-order chi connectivity index (χ0) is 22.1. The van der Waals surface area contributed by atoms with E-state index in [0.717, 1.165) is 50.5 Å². The van der Waals surface area contributed by atoms with Gasteiger partial charge in [0, 0.05) is 5.56 Å². The van der Waals surface area contributed by atoms with Crippen molar-refractivity contribution in [3.63, 3.8) is 0 Å². The predicted octanol–water partition coefficient (Wildman–Crippen LogP) is 8.08. The van der Waals surface area contributed by atoms with Crippen molar-refractivity contribution < 1.29 is 13.5 Å². The Morgan fingerprint density at radius 2 is 1.68 bits per heavy atom.